The monoisotopic (exact) mass is 384 g/mol. The summed E-state index contributed by atoms with van der Waals surface area (Å²) in [6, 6.07) is 12.5. The number of amides is 1. The standard InChI is InChI=1S/C15H14BrClN2OS/c1-21-11-5-2-9(3-6-11)14(15(18)20)19-10-4-7-13(17)12(16)8-10/h2-8,14,19H,1H3,(H2,18,20). The zero-order chi connectivity index (χ0) is 15.4. The van der Waals surface area contributed by atoms with Crippen LogP contribution in [0.5, 0.6) is 0 Å². The van der Waals surface area contributed by atoms with Gasteiger partial charge in [0.15, 0.2) is 0 Å². The van der Waals surface area contributed by atoms with Gasteiger partial charge in [-0.05, 0) is 58.1 Å². The van der Waals surface area contributed by atoms with Gasteiger partial charge in [0.05, 0.1) is 5.02 Å². The fourth-order valence-corrected chi connectivity index (χ4v) is 2.77. The molecule has 0 saturated heterocycles. The van der Waals surface area contributed by atoms with Crippen LogP contribution >= 0.6 is 39.3 Å². The summed E-state index contributed by atoms with van der Waals surface area (Å²) >= 11 is 11.0. The van der Waals surface area contributed by atoms with E-state index in [1.807, 2.05) is 36.6 Å². The lowest BCUT2D eigenvalue weighted by atomic mass is 10.1. The first kappa shape index (κ1) is 16.2. The van der Waals surface area contributed by atoms with E-state index in [0.717, 1.165) is 20.6 Å². The molecule has 0 radical (unpaired) electrons. The van der Waals surface area contributed by atoms with Crippen molar-refractivity contribution in [3.63, 3.8) is 0 Å². The molecule has 110 valence electrons. The Hall–Kier alpha value is -1.17. The number of rotatable bonds is 5. The Balaban J connectivity index is 2.26. The van der Waals surface area contributed by atoms with Gasteiger partial charge in [0.25, 0.3) is 0 Å². The molecule has 0 heterocycles. The maximum atomic E-state index is 11.7. The molecular weight excluding hydrogens is 372 g/mol. The third-order valence-corrected chi connectivity index (χ3v) is 4.92. The SMILES string of the molecule is CSc1ccc(C(Nc2ccc(Cl)c(Br)c2)C(N)=O)cc1. The van der Waals surface area contributed by atoms with E-state index in [9.17, 15) is 4.79 Å². The van der Waals surface area contributed by atoms with E-state index < -0.39 is 11.9 Å². The highest BCUT2D eigenvalue weighted by molar-refractivity contribution is 9.10. The van der Waals surface area contributed by atoms with Gasteiger partial charge in [0, 0.05) is 15.1 Å². The molecule has 0 aliphatic rings. The van der Waals surface area contributed by atoms with Crippen molar-refractivity contribution >= 4 is 50.9 Å². The highest BCUT2D eigenvalue weighted by atomic mass is 79.9. The first-order chi connectivity index (χ1) is 10.0. The van der Waals surface area contributed by atoms with Crippen LogP contribution in [0, 0.1) is 0 Å². The highest BCUT2D eigenvalue weighted by Crippen LogP contribution is 2.28. The summed E-state index contributed by atoms with van der Waals surface area (Å²) in [5.41, 5.74) is 7.10. The smallest absolute Gasteiger partial charge is 0.244 e. The van der Waals surface area contributed by atoms with Gasteiger partial charge < -0.3 is 11.1 Å². The van der Waals surface area contributed by atoms with Crippen molar-refractivity contribution in [3.05, 3.63) is 57.5 Å². The van der Waals surface area contributed by atoms with E-state index in [1.54, 1.807) is 23.9 Å². The molecule has 2 rings (SSSR count). The minimum absolute atomic E-state index is 0.432. The molecule has 0 bridgehead atoms. The molecule has 3 N–H and O–H groups in total. The average Bonchev–Trinajstić information content (AvgIpc) is 2.48. The summed E-state index contributed by atoms with van der Waals surface area (Å²) in [5, 5.41) is 3.74. The Morgan fingerprint density at radius 2 is 1.95 bits per heavy atom. The quantitative estimate of drug-likeness (QED) is 0.747. The van der Waals surface area contributed by atoms with Crippen LogP contribution in [0.1, 0.15) is 11.6 Å². The predicted octanol–water partition coefficient (Wildman–Crippen LogP) is 4.46. The van der Waals surface area contributed by atoms with E-state index in [0.29, 0.717) is 5.02 Å². The van der Waals surface area contributed by atoms with Crippen LogP contribution < -0.4 is 11.1 Å². The van der Waals surface area contributed by atoms with Gasteiger partial charge in [0.1, 0.15) is 6.04 Å². The Labute approximate surface area is 141 Å². The molecule has 21 heavy (non-hydrogen) atoms. The van der Waals surface area contributed by atoms with Gasteiger partial charge >= 0.3 is 0 Å². The van der Waals surface area contributed by atoms with Crippen molar-refractivity contribution in [2.24, 2.45) is 5.73 Å². The van der Waals surface area contributed by atoms with Crippen molar-refractivity contribution < 1.29 is 4.79 Å². The first-order valence-electron chi connectivity index (χ1n) is 6.16. The summed E-state index contributed by atoms with van der Waals surface area (Å²) in [7, 11) is 0. The number of hydrogen-bond acceptors (Lipinski definition) is 3. The second kappa shape index (κ2) is 7.20. The zero-order valence-corrected chi connectivity index (χ0v) is 14.4. The largest absolute Gasteiger partial charge is 0.370 e. The summed E-state index contributed by atoms with van der Waals surface area (Å²) in [6.45, 7) is 0. The molecule has 0 saturated carbocycles. The minimum Gasteiger partial charge on any atom is -0.370 e. The zero-order valence-electron chi connectivity index (χ0n) is 11.3. The average molecular weight is 386 g/mol. The van der Waals surface area contributed by atoms with E-state index in [-0.39, 0.29) is 0 Å². The maximum absolute atomic E-state index is 11.7. The molecule has 0 fully saturated rings. The lowest BCUT2D eigenvalue weighted by molar-refractivity contribution is -0.118. The summed E-state index contributed by atoms with van der Waals surface area (Å²) < 4.78 is 0.759. The fraction of sp³-hybridized carbons (Fsp3) is 0.133. The molecule has 1 atom stereocenters. The summed E-state index contributed by atoms with van der Waals surface area (Å²) in [5.74, 6) is -0.432. The topological polar surface area (TPSA) is 55.1 Å². The molecular formula is C15H14BrClN2OS. The molecule has 2 aromatic rings. The van der Waals surface area contributed by atoms with Crippen molar-refractivity contribution in [3.8, 4) is 0 Å². The normalized spacial score (nSPS) is 12.0. The third kappa shape index (κ3) is 4.15. The Morgan fingerprint density at radius 3 is 2.48 bits per heavy atom. The second-order valence-corrected chi connectivity index (χ2v) is 6.52. The number of carbonyl (C=O) groups excluding carboxylic acids is 1. The summed E-state index contributed by atoms with van der Waals surface area (Å²) in [6.07, 6.45) is 2.00. The molecule has 0 aliphatic carbocycles. The van der Waals surface area contributed by atoms with Crippen LogP contribution in [0.15, 0.2) is 51.8 Å². The number of hydrogen-bond donors (Lipinski definition) is 2. The molecule has 0 spiro atoms. The number of halogens is 2. The molecule has 1 amide bonds. The second-order valence-electron chi connectivity index (χ2n) is 4.38. The van der Waals surface area contributed by atoms with Crippen molar-refractivity contribution in [1.82, 2.24) is 0 Å². The highest BCUT2D eigenvalue weighted by Gasteiger charge is 2.17. The number of anilines is 1. The number of primary amides is 1. The van der Waals surface area contributed by atoms with Crippen molar-refractivity contribution in [1.29, 1.82) is 0 Å². The van der Waals surface area contributed by atoms with Gasteiger partial charge in [-0.3, -0.25) is 4.79 Å². The van der Waals surface area contributed by atoms with Crippen LogP contribution in [0.2, 0.25) is 5.02 Å². The van der Waals surface area contributed by atoms with E-state index in [2.05, 4.69) is 21.2 Å². The molecule has 2 aromatic carbocycles. The van der Waals surface area contributed by atoms with Gasteiger partial charge in [-0.15, -0.1) is 11.8 Å². The van der Waals surface area contributed by atoms with Gasteiger partial charge in [-0.25, -0.2) is 0 Å². The van der Waals surface area contributed by atoms with Crippen LogP contribution in [-0.2, 0) is 4.79 Å². The number of benzene rings is 2. The molecule has 3 nitrogen and oxygen atoms in total. The fourth-order valence-electron chi connectivity index (χ4n) is 1.87. The molecule has 0 aromatic heterocycles. The lowest BCUT2D eigenvalue weighted by Gasteiger charge is -2.18. The predicted molar refractivity (Wildman–Crippen MR) is 92.9 cm³/mol. The van der Waals surface area contributed by atoms with Crippen molar-refractivity contribution in [2.45, 2.75) is 10.9 Å². The van der Waals surface area contributed by atoms with E-state index in [1.165, 1.54) is 0 Å². The third-order valence-electron chi connectivity index (χ3n) is 2.96. The Morgan fingerprint density at radius 1 is 1.29 bits per heavy atom. The summed E-state index contributed by atoms with van der Waals surface area (Å²) in [4.78, 5) is 12.9. The molecule has 6 heteroatoms. The van der Waals surface area contributed by atoms with Crippen LogP contribution in [0.4, 0.5) is 5.69 Å². The number of nitrogens with two attached hydrogens (primary N) is 1. The van der Waals surface area contributed by atoms with Gasteiger partial charge in [-0.1, -0.05) is 23.7 Å². The lowest BCUT2D eigenvalue weighted by Crippen LogP contribution is -2.27. The van der Waals surface area contributed by atoms with Gasteiger partial charge in [0.2, 0.25) is 5.91 Å². The van der Waals surface area contributed by atoms with Crippen LogP contribution in [0.25, 0.3) is 0 Å². The number of thioether (sulfide) groups is 1. The Kier molecular flexibility index (Phi) is 5.56. The van der Waals surface area contributed by atoms with E-state index in [4.69, 9.17) is 17.3 Å². The molecule has 0 aliphatic heterocycles. The van der Waals surface area contributed by atoms with Crippen LogP contribution in [-0.4, -0.2) is 12.2 Å². The first-order valence-corrected chi connectivity index (χ1v) is 8.55. The maximum Gasteiger partial charge on any atom is 0.244 e. The van der Waals surface area contributed by atoms with Crippen LogP contribution in [0.3, 0.4) is 0 Å². The Bertz CT molecular complexity index is 649. The van der Waals surface area contributed by atoms with Gasteiger partial charge in [-0.2, -0.15) is 0 Å². The van der Waals surface area contributed by atoms with Crippen molar-refractivity contribution in [2.75, 3.05) is 11.6 Å². The molecule has 1 unspecified atom stereocenters. The minimum atomic E-state index is -0.589. The number of carbonyl (C=O) groups is 1. The van der Waals surface area contributed by atoms with E-state index >= 15 is 0 Å². The number of nitrogens with one attached hydrogen (secondary N) is 1.